The van der Waals surface area contributed by atoms with Crippen molar-refractivity contribution in [3.63, 3.8) is 0 Å². The lowest BCUT2D eigenvalue weighted by Crippen LogP contribution is -2.34. The van der Waals surface area contributed by atoms with E-state index >= 15 is 0 Å². The summed E-state index contributed by atoms with van der Waals surface area (Å²) in [5.41, 5.74) is 9.21. The highest BCUT2D eigenvalue weighted by molar-refractivity contribution is 7.16. The van der Waals surface area contributed by atoms with Crippen molar-refractivity contribution in [3.8, 4) is 0 Å². The zero-order chi connectivity index (χ0) is 21.4. The number of nitrogens with zero attached hydrogens (tertiary/aromatic N) is 2. The fourth-order valence-corrected chi connectivity index (χ4v) is 3.79. The average Bonchev–Trinajstić information content (AvgIpc) is 2.94. The Morgan fingerprint density at radius 1 is 1.29 bits per heavy atom. The number of carbonyl (C=O) groups is 1. The van der Waals surface area contributed by atoms with Gasteiger partial charge in [-0.15, -0.1) is 0 Å². The van der Waals surface area contributed by atoms with Gasteiger partial charge in [0.05, 0.1) is 23.2 Å². The van der Waals surface area contributed by atoms with Crippen LogP contribution >= 0.6 is 11.3 Å². The van der Waals surface area contributed by atoms with E-state index in [2.05, 4.69) is 30.6 Å². The molecule has 1 aromatic rings. The van der Waals surface area contributed by atoms with Crippen LogP contribution in [0.1, 0.15) is 52.1 Å². The van der Waals surface area contributed by atoms with Crippen LogP contribution in [-0.2, 0) is 11.3 Å². The molecule has 0 radical (unpaired) electrons. The first-order valence-electron chi connectivity index (χ1n) is 9.48. The zero-order valence-electron chi connectivity index (χ0n) is 17.9. The van der Waals surface area contributed by atoms with E-state index in [0.29, 0.717) is 24.7 Å². The van der Waals surface area contributed by atoms with Gasteiger partial charge in [-0.1, -0.05) is 43.4 Å². The molecular weight excluding hydrogens is 372 g/mol. The number of aromatic nitrogens is 1. The highest BCUT2D eigenvalue weighted by Crippen LogP contribution is 2.34. The summed E-state index contributed by atoms with van der Waals surface area (Å²) >= 11 is 1.54. The van der Waals surface area contributed by atoms with Gasteiger partial charge in [0.15, 0.2) is 5.13 Å². The third-order valence-electron chi connectivity index (χ3n) is 3.58. The minimum atomic E-state index is -0.471. The maximum atomic E-state index is 11.4. The molecule has 156 valence electrons. The SMILES string of the molecule is C=C(C)/C=C(\C=C(\C)N)c1sc(N(CC(C)C)C[C@@H](C)O)nc1CNC(C)=O. The number of allylic oxidation sites excluding steroid dienone is 5. The highest BCUT2D eigenvalue weighted by atomic mass is 32.1. The maximum absolute atomic E-state index is 11.4. The number of thiazole rings is 1. The Bertz CT molecular complexity index is 734. The molecule has 1 amide bonds. The Hall–Kier alpha value is -2.12. The fourth-order valence-electron chi connectivity index (χ4n) is 2.70. The highest BCUT2D eigenvalue weighted by Gasteiger charge is 2.20. The van der Waals surface area contributed by atoms with Crippen LogP contribution in [0.4, 0.5) is 5.13 Å². The first-order valence-corrected chi connectivity index (χ1v) is 10.3. The molecule has 28 heavy (non-hydrogen) atoms. The summed E-state index contributed by atoms with van der Waals surface area (Å²) in [6, 6.07) is 0. The molecule has 0 aromatic carbocycles. The summed E-state index contributed by atoms with van der Waals surface area (Å²) in [5.74, 6) is 0.306. The van der Waals surface area contributed by atoms with Crippen LogP contribution in [0.15, 0.2) is 30.0 Å². The van der Waals surface area contributed by atoms with E-state index in [1.807, 2.05) is 26.0 Å². The van der Waals surface area contributed by atoms with Crippen LogP contribution in [0.2, 0.25) is 0 Å². The molecule has 0 spiro atoms. The van der Waals surface area contributed by atoms with E-state index in [1.54, 1.807) is 6.92 Å². The van der Waals surface area contributed by atoms with E-state index in [4.69, 9.17) is 10.7 Å². The van der Waals surface area contributed by atoms with E-state index in [9.17, 15) is 9.90 Å². The predicted octanol–water partition coefficient (Wildman–Crippen LogP) is 3.44. The molecule has 0 bridgehead atoms. The Kier molecular flexibility index (Phi) is 9.41. The van der Waals surface area contributed by atoms with Crippen molar-refractivity contribution in [2.24, 2.45) is 11.7 Å². The van der Waals surface area contributed by atoms with Gasteiger partial charge in [0.25, 0.3) is 0 Å². The third-order valence-corrected chi connectivity index (χ3v) is 4.79. The van der Waals surface area contributed by atoms with E-state index in [1.165, 1.54) is 18.3 Å². The molecule has 0 saturated carbocycles. The number of anilines is 1. The minimum absolute atomic E-state index is 0.112. The molecule has 4 N–H and O–H groups in total. The lowest BCUT2D eigenvalue weighted by atomic mass is 10.1. The quantitative estimate of drug-likeness (QED) is 0.518. The van der Waals surface area contributed by atoms with Crippen LogP contribution < -0.4 is 16.0 Å². The molecule has 6 nitrogen and oxygen atoms in total. The van der Waals surface area contributed by atoms with Crippen molar-refractivity contribution in [3.05, 3.63) is 40.6 Å². The first kappa shape index (κ1) is 23.9. The average molecular weight is 407 g/mol. The van der Waals surface area contributed by atoms with Gasteiger partial charge in [-0.05, 0) is 38.3 Å². The predicted molar refractivity (Wildman–Crippen MR) is 119 cm³/mol. The summed E-state index contributed by atoms with van der Waals surface area (Å²) in [7, 11) is 0. The third kappa shape index (κ3) is 8.27. The smallest absolute Gasteiger partial charge is 0.217 e. The Labute approximate surface area is 172 Å². The molecule has 0 unspecified atom stereocenters. The zero-order valence-corrected chi connectivity index (χ0v) is 18.7. The summed E-state index contributed by atoms with van der Waals surface area (Å²) in [4.78, 5) is 19.3. The van der Waals surface area contributed by atoms with Crippen molar-refractivity contribution in [2.75, 3.05) is 18.0 Å². The molecular formula is C21H34N4O2S. The van der Waals surface area contributed by atoms with Crippen molar-refractivity contribution in [2.45, 2.75) is 54.2 Å². The van der Waals surface area contributed by atoms with Crippen LogP contribution in [-0.4, -0.2) is 35.2 Å². The van der Waals surface area contributed by atoms with Crippen LogP contribution in [0.25, 0.3) is 5.57 Å². The van der Waals surface area contributed by atoms with Gasteiger partial charge in [0, 0.05) is 25.7 Å². The van der Waals surface area contributed by atoms with E-state index < -0.39 is 6.10 Å². The van der Waals surface area contributed by atoms with Crippen molar-refractivity contribution < 1.29 is 9.90 Å². The van der Waals surface area contributed by atoms with Crippen molar-refractivity contribution in [1.29, 1.82) is 0 Å². The second-order valence-corrected chi connectivity index (χ2v) is 8.64. The second kappa shape index (κ2) is 11.0. The molecule has 0 aliphatic heterocycles. The number of nitrogens with two attached hydrogens (primary N) is 1. The lowest BCUT2D eigenvalue weighted by molar-refractivity contribution is -0.119. The van der Waals surface area contributed by atoms with Gasteiger partial charge in [-0.2, -0.15) is 0 Å². The normalized spacial score (nSPS) is 13.6. The number of hydrogen-bond donors (Lipinski definition) is 3. The number of carbonyl (C=O) groups excluding carboxylic acids is 1. The van der Waals surface area contributed by atoms with E-state index in [-0.39, 0.29) is 5.91 Å². The number of rotatable bonds is 10. The molecule has 0 saturated heterocycles. The minimum Gasteiger partial charge on any atom is -0.402 e. The summed E-state index contributed by atoms with van der Waals surface area (Å²) in [6.45, 7) is 16.9. The van der Waals surface area contributed by atoms with Gasteiger partial charge in [0.1, 0.15) is 0 Å². The molecule has 1 rings (SSSR count). The van der Waals surface area contributed by atoms with Gasteiger partial charge in [-0.3, -0.25) is 4.79 Å². The molecule has 1 aromatic heterocycles. The van der Waals surface area contributed by atoms with Gasteiger partial charge in [-0.25, -0.2) is 4.98 Å². The molecule has 0 aliphatic rings. The molecule has 1 atom stereocenters. The van der Waals surface area contributed by atoms with Crippen LogP contribution in [0, 0.1) is 5.92 Å². The monoisotopic (exact) mass is 406 g/mol. The largest absolute Gasteiger partial charge is 0.402 e. The number of amides is 1. The number of nitrogens with one attached hydrogen (secondary N) is 1. The Balaban J connectivity index is 3.48. The van der Waals surface area contributed by atoms with Crippen molar-refractivity contribution in [1.82, 2.24) is 10.3 Å². The molecule has 1 heterocycles. The standard InChI is InChI=1S/C21H34N4O2S/c1-13(2)8-18(9-15(5)22)20-19(10-23-17(7)27)24-21(28-20)25(11-14(3)4)12-16(6)26/h8-9,14,16,26H,1,10-12,22H2,2-7H3,(H,23,27)/b15-9-,18-8+/t16-/m1/s1. The number of aliphatic hydroxyl groups is 1. The first-order chi connectivity index (χ1) is 13.0. The molecule has 7 heteroatoms. The Morgan fingerprint density at radius 3 is 2.39 bits per heavy atom. The summed E-state index contributed by atoms with van der Waals surface area (Å²) in [5, 5.41) is 13.6. The van der Waals surface area contributed by atoms with Crippen LogP contribution in [0.5, 0.6) is 0 Å². The topological polar surface area (TPSA) is 91.5 Å². The Morgan fingerprint density at radius 2 is 1.93 bits per heavy atom. The van der Waals surface area contributed by atoms with Gasteiger partial charge in [0.2, 0.25) is 5.91 Å². The van der Waals surface area contributed by atoms with Gasteiger partial charge >= 0.3 is 0 Å². The van der Waals surface area contributed by atoms with Crippen LogP contribution in [0.3, 0.4) is 0 Å². The summed E-state index contributed by atoms with van der Waals surface area (Å²) in [6.07, 6.45) is 3.39. The summed E-state index contributed by atoms with van der Waals surface area (Å²) < 4.78 is 0. The second-order valence-electron chi connectivity index (χ2n) is 7.66. The molecule has 0 aliphatic carbocycles. The van der Waals surface area contributed by atoms with Crippen molar-refractivity contribution >= 4 is 27.9 Å². The number of hydrogen-bond acceptors (Lipinski definition) is 6. The lowest BCUT2D eigenvalue weighted by Gasteiger charge is -2.25. The fraction of sp³-hybridized carbons (Fsp3) is 0.524. The van der Waals surface area contributed by atoms with Gasteiger partial charge < -0.3 is 21.1 Å². The molecule has 0 fully saturated rings. The maximum Gasteiger partial charge on any atom is 0.217 e. The van der Waals surface area contributed by atoms with E-state index in [0.717, 1.165) is 33.4 Å². The number of aliphatic hydroxyl groups excluding tert-OH is 1.